The van der Waals surface area contributed by atoms with E-state index >= 15 is 0 Å². The number of thioether (sulfide) groups is 1. The highest BCUT2D eigenvalue weighted by molar-refractivity contribution is 8.26. The van der Waals surface area contributed by atoms with Crippen molar-refractivity contribution in [2.45, 2.75) is 52.4 Å². The highest BCUT2D eigenvalue weighted by Crippen LogP contribution is 2.32. The highest BCUT2D eigenvalue weighted by Gasteiger charge is 2.35. The molecule has 1 N–H and O–H groups in total. The highest BCUT2D eigenvalue weighted by atomic mass is 32.2. The Morgan fingerprint density at radius 3 is 2.63 bits per heavy atom. The fourth-order valence-corrected chi connectivity index (χ4v) is 5.02. The number of hydrogen-bond donors (Lipinski definition) is 1. The summed E-state index contributed by atoms with van der Waals surface area (Å²) in [6, 6.07) is 13.2. The van der Waals surface area contributed by atoms with Gasteiger partial charge in [-0.05, 0) is 73.0 Å². The van der Waals surface area contributed by atoms with E-state index in [9.17, 15) is 4.79 Å². The minimum absolute atomic E-state index is 0.0288. The molecule has 38 heavy (non-hydrogen) atoms. The van der Waals surface area contributed by atoms with Crippen molar-refractivity contribution < 1.29 is 19.0 Å². The number of fused-ring (bicyclic) bond motifs is 1. The number of benzene rings is 2. The molecular weight excluding hydrogens is 500 g/mol. The third kappa shape index (κ3) is 7.04. The second kappa shape index (κ2) is 13.3. The zero-order valence-electron chi connectivity index (χ0n) is 22.2. The van der Waals surface area contributed by atoms with Crippen molar-refractivity contribution in [1.82, 2.24) is 5.01 Å². The third-order valence-corrected chi connectivity index (χ3v) is 7.06. The van der Waals surface area contributed by atoms with E-state index in [-0.39, 0.29) is 11.4 Å². The van der Waals surface area contributed by atoms with Gasteiger partial charge in [0.2, 0.25) is 5.17 Å². The number of unbranched alkanes of at least 4 members (excludes halogenated alkanes) is 4. The van der Waals surface area contributed by atoms with Crippen LogP contribution >= 0.6 is 11.8 Å². The Balaban J connectivity index is 1.38. The lowest BCUT2D eigenvalue weighted by atomic mass is 10.1. The maximum atomic E-state index is 12.8. The van der Waals surface area contributed by atoms with Crippen molar-refractivity contribution in [3.8, 4) is 17.2 Å². The summed E-state index contributed by atoms with van der Waals surface area (Å²) in [5, 5.41) is 16.0. The second-order valence-electron chi connectivity index (χ2n) is 9.10. The van der Waals surface area contributed by atoms with Gasteiger partial charge in [0.05, 0.1) is 12.7 Å². The Labute approximate surface area is 228 Å². The molecule has 9 heteroatoms. The van der Waals surface area contributed by atoms with Crippen LogP contribution in [0.1, 0.15) is 56.6 Å². The molecule has 0 unspecified atom stereocenters. The number of amidine groups is 2. The summed E-state index contributed by atoms with van der Waals surface area (Å²) in [6.07, 6.45) is 8.34. The van der Waals surface area contributed by atoms with E-state index in [2.05, 4.69) is 17.0 Å². The molecular formula is C29H34N4O4S. The lowest BCUT2D eigenvalue weighted by Gasteiger charge is -2.20. The molecule has 200 valence electrons. The first-order chi connectivity index (χ1) is 18.5. The van der Waals surface area contributed by atoms with E-state index in [1.165, 1.54) is 36.0 Å². The van der Waals surface area contributed by atoms with Gasteiger partial charge in [0.1, 0.15) is 24.0 Å². The summed E-state index contributed by atoms with van der Waals surface area (Å²) in [5.74, 6) is 1.47. The van der Waals surface area contributed by atoms with Gasteiger partial charge in [-0.3, -0.25) is 10.2 Å². The number of carbonyl (C=O) groups is 1. The average Bonchev–Trinajstić information content (AvgIpc) is 3.32. The van der Waals surface area contributed by atoms with Crippen LogP contribution in [0.15, 0.2) is 58.1 Å². The first-order valence-electron chi connectivity index (χ1n) is 13.0. The molecule has 0 saturated carbocycles. The number of hydrazone groups is 1. The average molecular weight is 535 g/mol. The molecule has 4 rings (SSSR count). The number of carbonyl (C=O) groups excluding carboxylic acids is 1. The molecule has 0 aliphatic carbocycles. The number of methoxy groups -OCH3 is 1. The lowest BCUT2D eigenvalue weighted by Crippen LogP contribution is -2.35. The van der Waals surface area contributed by atoms with E-state index in [1.807, 2.05) is 37.3 Å². The molecule has 0 saturated heterocycles. The van der Waals surface area contributed by atoms with Gasteiger partial charge < -0.3 is 14.2 Å². The SMILES string of the molecule is CCCCCCCC1=NN2C(=N)/C(=C/c3ccc(OCCOc4cccc(C)c4)c(OC)c3)C(=O)N=C2S1. The Morgan fingerprint density at radius 1 is 1.03 bits per heavy atom. The maximum absolute atomic E-state index is 12.8. The first-order valence-corrected chi connectivity index (χ1v) is 13.8. The lowest BCUT2D eigenvalue weighted by molar-refractivity contribution is -0.114. The molecule has 0 aromatic heterocycles. The molecule has 0 bridgehead atoms. The van der Waals surface area contributed by atoms with Gasteiger partial charge in [-0.15, -0.1) is 0 Å². The minimum atomic E-state index is -0.444. The van der Waals surface area contributed by atoms with Crippen LogP contribution in [0.2, 0.25) is 0 Å². The number of amides is 1. The number of nitrogens with zero attached hydrogens (tertiary/aromatic N) is 3. The topological polar surface area (TPSA) is 96.6 Å². The van der Waals surface area contributed by atoms with Crippen LogP contribution in [0.3, 0.4) is 0 Å². The van der Waals surface area contributed by atoms with Gasteiger partial charge in [0, 0.05) is 0 Å². The summed E-state index contributed by atoms with van der Waals surface area (Å²) >= 11 is 1.38. The smallest absolute Gasteiger partial charge is 0.283 e. The second-order valence-corrected chi connectivity index (χ2v) is 10.1. The van der Waals surface area contributed by atoms with Crippen molar-refractivity contribution in [3.63, 3.8) is 0 Å². The van der Waals surface area contributed by atoms with E-state index in [0.29, 0.717) is 35.4 Å². The van der Waals surface area contributed by atoms with Crippen LogP contribution in [0.5, 0.6) is 17.2 Å². The molecule has 2 aromatic rings. The predicted molar refractivity (Wildman–Crippen MR) is 154 cm³/mol. The predicted octanol–water partition coefficient (Wildman–Crippen LogP) is 6.44. The van der Waals surface area contributed by atoms with Crippen LogP contribution in [0, 0.1) is 12.3 Å². The van der Waals surface area contributed by atoms with Crippen LogP contribution in [-0.4, -0.2) is 47.3 Å². The van der Waals surface area contributed by atoms with Crippen molar-refractivity contribution >= 4 is 39.8 Å². The Kier molecular flexibility index (Phi) is 9.59. The van der Waals surface area contributed by atoms with Gasteiger partial charge in [0.15, 0.2) is 17.3 Å². The van der Waals surface area contributed by atoms with E-state index < -0.39 is 5.91 Å². The monoisotopic (exact) mass is 534 g/mol. The largest absolute Gasteiger partial charge is 0.493 e. The van der Waals surface area contributed by atoms with Crippen LogP contribution in [0.25, 0.3) is 6.08 Å². The standard InChI is InChI=1S/C29H34N4O4S/c1-4-5-6-7-8-12-26-32-33-27(30)23(28(34)31-29(33)38-26)18-21-13-14-24(25(19-21)35-3)37-16-15-36-22-11-9-10-20(2)17-22/h9-11,13-14,17-19,30H,4-8,12,15-16H2,1-3H3/b23-18-,30-27?. The van der Waals surface area contributed by atoms with E-state index in [4.69, 9.17) is 19.6 Å². The number of aryl methyl sites for hydroxylation is 1. The molecule has 1 amide bonds. The van der Waals surface area contributed by atoms with Gasteiger partial charge in [0.25, 0.3) is 5.91 Å². The normalized spacial score (nSPS) is 15.9. The molecule has 0 fully saturated rings. The summed E-state index contributed by atoms with van der Waals surface area (Å²) in [7, 11) is 1.56. The molecule has 2 aliphatic rings. The number of aliphatic imine (C=N–C) groups is 1. The van der Waals surface area contributed by atoms with Gasteiger partial charge in [-0.25, -0.2) is 0 Å². The van der Waals surface area contributed by atoms with E-state index in [1.54, 1.807) is 25.3 Å². The third-order valence-electron chi connectivity index (χ3n) is 6.09. The quantitative estimate of drug-likeness (QED) is 0.235. The van der Waals surface area contributed by atoms with Crippen LogP contribution in [-0.2, 0) is 4.79 Å². The Bertz CT molecular complexity index is 1270. The van der Waals surface area contributed by atoms with Crippen LogP contribution < -0.4 is 14.2 Å². The zero-order chi connectivity index (χ0) is 26.9. The van der Waals surface area contributed by atoms with Crippen molar-refractivity contribution in [1.29, 1.82) is 5.41 Å². The summed E-state index contributed by atoms with van der Waals surface area (Å²) in [6.45, 7) is 4.95. The maximum Gasteiger partial charge on any atom is 0.283 e. The summed E-state index contributed by atoms with van der Waals surface area (Å²) in [4.78, 5) is 17.0. The molecule has 8 nitrogen and oxygen atoms in total. The van der Waals surface area contributed by atoms with Crippen molar-refractivity contribution in [3.05, 3.63) is 59.2 Å². The molecule has 2 aliphatic heterocycles. The molecule has 2 heterocycles. The summed E-state index contributed by atoms with van der Waals surface area (Å²) in [5.41, 5.74) is 2.02. The zero-order valence-corrected chi connectivity index (χ0v) is 23.0. The van der Waals surface area contributed by atoms with Gasteiger partial charge >= 0.3 is 0 Å². The van der Waals surface area contributed by atoms with Crippen LogP contribution in [0.4, 0.5) is 0 Å². The van der Waals surface area contributed by atoms with Crippen molar-refractivity contribution in [2.75, 3.05) is 20.3 Å². The molecule has 0 spiro atoms. The van der Waals surface area contributed by atoms with Crippen molar-refractivity contribution in [2.24, 2.45) is 10.1 Å². The Morgan fingerprint density at radius 2 is 1.84 bits per heavy atom. The number of nitrogens with one attached hydrogen (secondary N) is 1. The minimum Gasteiger partial charge on any atom is -0.493 e. The fourth-order valence-electron chi connectivity index (χ4n) is 4.09. The van der Waals surface area contributed by atoms with Gasteiger partial charge in [-0.1, -0.05) is 50.8 Å². The Hall–Kier alpha value is -3.59. The molecule has 0 radical (unpaired) electrons. The van der Waals surface area contributed by atoms with Gasteiger partial charge in [-0.2, -0.15) is 15.1 Å². The number of hydrogen-bond acceptors (Lipinski definition) is 7. The fraction of sp³-hybridized carbons (Fsp3) is 0.379. The van der Waals surface area contributed by atoms with E-state index in [0.717, 1.165) is 35.6 Å². The number of ether oxygens (including phenoxy) is 3. The molecule has 2 aromatic carbocycles. The first kappa shape index (κ1) is 27.4. The molecule has 0 atom stereocenters. The summed E-state index contributed by atoms with van der Waals surface area (Å²) < 4.78 is 17.1. The number of rotatable bonds is 13.